The van der Waals surface area contributed by atoms with Crippen LogP contribution in [-0.4, -0.2) is 30.4 Å². The molecule has 0 bridgehead atoms. The number of imide groups is 1. The summed E-state index contributed by atoms with van der Waals surface area (Å²) < 4.78 is 34.0. The van der Waals surface area contributed by atoms with Gasteiger partial charge in [0.05, 0.1) is 18.4 Å². The first-order chi connectivity index (χ1) is 16.0. The van der Waals surface area contributed by atoms with Crippen LogP contribution in [0.3, 0.4) is 0 Å². The number of hydrogen-bond acceptors (Lipinski definition) is 4. The van der Waals surface area contributed by atoms with Crippen LogP contribution in [0, 0.1) is 11.6 Å². The Labute approximate surface area is 190 Å². The number of carbonyl (C=O) groups is 2. The molecule has 0 radical (unpaired) electrons. The third kappa shape index (κ3) is 4.09. The predicted octanol–water partition coefficient (Wildman–Crippen LogP) is 4.78. The van der Waals surface area contributed by atoms with E-state index in [0.29, 0.717) is 29.3 Å². The van der Waals surface area contributed by atoms with Crippen molar-refractivity contribution in [2.24, 2.45) is 0 Å². The van der Waals surface area contributed by atoms with Crippen LogP contribution in [0.2, 0.25) is 0 Å². The largest absolute Gasteiger partial charge is 0.496 e. The number of carbonyl (C=O) groups excluding carboxylic acids is 2. The minimum Gasteiger partial charge on any atom is -0.496 e. The third-order valence-corrected chi connectivity index (χ3v) is 5.50. The van der Waals surface area contributed by atoms with Gasteiger partial charge in [0.15, 0.2) is 0 Å². The standard InChI is InChI=1S/C26H22F2N2O3/c1-3-29(16-17-9-5-4-6-10-17)24-23(19-11-7-8-12-22(19)33-2)25(31)30(26(24)32)21-15-18(27)13-14-20(21)28/h4-15H,3,16H2,1-2H3. The van der Waals surface area contributed by atoms with Gasteiger partial charge >= 0.3 is 0 Å². The topological polar surface area (TPSA) is 49.9 Å². The molecule has 1 heterocycles. The van der Waals surface area contributed by atoms with Gasteiger partial charge in [-0.3, -0.25) is 9.59 Å². The lowest BCUT2D eigenvalue weighted by Crippen LogP contribution is -2.35. The molecule has 7 heteroatoms. The van der Waals surface area contributed by atoms with Gasteiger partial charge in [-0.1, -0.05) is 48.5 Å². The smallest absolute Gasteiger partial charge is 0.282 e. The van der Waals surface area contributed by atoms with Crippen molar-refractivity contribution in [1.82, 2.24) is 4.90 Å². The van der Waals surface area contributed by atoms with E-state index < -0.39 is 29.1 Å². The van der Waals surface area contributed by atoms with Crippen LogP contribution in [0.25, 0.3) is 5.57 Å². The van der Waals surface area contributed by atoms with Crippen LogP contribution in [0.4, 0.5) is 14.5 Å². The highest BCUT2D eigenvalue weighted by Crippen LogP contribution is 2.39. The molecule has 2 amide bonds. The first-order valence-corrected chi connectivity index (χ1v) is 10.5. The van der Waals surface area contributed by atoms with E-state index in [-0.39, 0.29) is 11.3 Å². The second-order valence-electron chi connectivity index (χ2n) is 7.47. The molecule has 3 aromatic carbocycles. The summed E-state index contributed by atoms with van der Waals surface area (Å²) in [5, 5.41) is 0. The Morgan fingerprint density at radius 2 is 1.61 bits per heavy atom. The summed E-state index contributed by atoms with van der Waals surface area (Å²) in [6.07, 6.45) is 0. The summed E-state index contributed by atoms with van der Waals surface area (Å²) >= 11 is 0. The predicted molar refractivity (Wildman–Crippen MR) is 121 cm³/mol. The van der Waals surface area contributed by atoms with E-state index in [0.717, 1.165) is 23.8 Å². The number of para-hydroxylation sites is 1. The Kier molecular flexibility index (Phi) is 6.22. The fourth-order valence-electron chi connectivity index (χ4n) is 3.93. The summed E-state index contributed by atoms with van der Waals surface area (Å²) in [5.41, 5.74) is 1.10. The average molecular weight is 448 g/mol. The Hall–Kier alpha value is -4.00. The minimum atomic E-state index is -0.871. The molecule has 168 valence electrons. The number of anilines is 1. The SMILES string of the molecule is CCN(Cc1ccccc1)C1=C(c2ccccc2OC)C(=O)N(c2cc(F)ccc2F)C1=O. The molecule has 0 aliphatic carbocycles. The van der Waals surface area contributed by atoms with Gasteiger partial charge in [0.2, 0.25) is 0 Å². The lowest BCUT2D eigenvalue weighted by molar-refractivity contribution is -0.120. The Morgan fingerprint density at radius 3 is 2.30 bits per heavy atom. The van der Waals surface area contributed by atoms with Gasteiger partial charge in [-0.25, -0.2) is 13.7 Å². The first-order valence-electron chi connectivity index (χ1n) is 10.5. The van der Waals surface area contributed by atoms with E-state index in [4.69, 9.17) is 4.74 Å². The van der Waals surface area contributed by atoms with Gasteiger partial charge in [-0.15, -0.1) is 0 Å². The summed E-state index contributed by atoms with van der Waals surface area (Å²) in [4.78, 5) is 29.7. The molecule has 1 aliphatic rings. The molecule has 0 unspecified atom stereocenters. The van der Waals surface area contributed by atoms with Crippen molar-refractivity contribution < 1.29 is 23.1 Å². The fraction of sp³-hybridized carbons (Fsp3) is 0.154. The molecule has 0 saturated heterocycles. The van der Waals surface area contributed by atoms with Crippen molar-refractivity contribution in [2.75, 3.05) is 18.6 Å². The number of halogens is 2. The quantitative estimate of drug-likeness (QED) is 0.488. The lowest BCUT2D eigenvalue weighted by atomic mass is 10.0. The molecule has 3 aromatic rings. The fourth-order valence-corrected chi connectivity index (χ4v) is 3.93. The molecular weight excluding hydrogens is 426 g/mol. The Balaban J connectivity index is 1.90. The maximum Gasteiger partial charge on any atom is 0.282 e. The zero-order valence-corrected chi connectivity index (χ0v) is 18.2. The summed E-state index contributed by atoms with van der Waals surface area (Å²) in [5.74, 6) is -2.69. The zero-order valence-electron chi connectivity index (χ0n) is 18.2. The average Bonchev–Trinajstić information content (AvgIpc) is 3.09. The first kappa shape index (κ1) is 22.2. The van der Waals surface area contributed by atoms with Gasteiger partial charge in [-0.05, 0) is 30.7 Å². The van der Waals surface area contributed by atoms with Gasteiger partial charge in [0.1, 0.15) is 23.1 Å². The maximum absolute atomic E-state index is 14.6. The normalized spacial score (nSPS) is 13.6. The summed E-state index contributed by atoms with van der Waals surface area (Å²) in [6.45, 7) is 2.62. The van der Waals surface area contributed by atoms with E-state index in [1.165, 1.54) is 7.11 Å². The van der Waals surface area contributed by atoms with E-state index in [1.54, 1.807) is 29.2 Å². The second kappa shape index (κ2) is 9.24. The van der Waals surface area contributed by atoms with Crippen molar-refractivity contribution in [3.63, 3.8) is 0 Å². The number of methoxy groups -OCH3 is 1. The molecule has 0 fully saturated rings. The Bertz CT molecular complexity index is 1240. The van der Waals surface area contributed by atoms with Gasteiger partial charge in [-0.2, -0.15) is 0 Å². The number of rotatable bonds is 7. The molecular formula is C26H22F2N2O3. The zero-order chi connectivity index (χ0) is 23.5. The van der Waals surface area contributed by atoms with Gasteiger partial charge in [0.25, 0.3) is 11.8 Å². The molecule has 0 N–H and O–H groups in total. The number of amides is 2. The van der Waals surface area contributed by atoms with Crippen LogP contribution >= 0.6 is 0 Å². The Morgan fingerprint density at radius 1 is 0.909 bits per heavy atom. The number of benzene rings is 3. The molecule has 0 spiro atoms. The van der Waals surface area contributed by atoms with Crippen LogP contribution in [0.5, 0.6) is 5.75 Å². The van der Waals surface area contributed by atoms with Crippen LogP contribution in [-0.2, 0) is 16.1 Å². The molecule has 1 aliphatic heterocycles. The number of ether oxygens (including phenoxy) is 1. The van der Waals surface area contributed by atoms with Crippen LogP contribution in [0.15, 0.2) is 78.5 Å². The van der Waals surface area contributed by atoms with E-state index in [9.17, 15) is 18.4 Å². The number of hydrogen-bond donors (Lipinski definition) is 0. The van der Waals surface area contributed by atoms with E-state index in [2.05, 4.69) is 0 Å². The molecule has 0 atom stereocenters. The van der Waals surface area contributed by atoms with Crippen molar-refractivity contribution >= 4 is 23.1 Å². The van der Waals surface area contributed by atoms with E-state index in [1.807, 2.05) is 37.3 Å². The number of nitrogens with zero attached hydrogens (tertiary/aromatic N) is 2. The highest BCUT2D eigenvalue weighted by atomic mass is 19.1. The summed E-state index contributed by atoms with van der Waals surface area (Å²) in [7, 11) is 1.46. The molecule has 0 aromatic heterocycles. The van der Waals surface area contributed by atoms with Crippen LogP contribution < -0.4 is 9.64 Å². The molecule has 5 nitrogen and oxygen atoms in total. The second-order valence-corrected chi connectivity index (χ2v) is 7.47. The maximum atomic E-state index is 14.6. The van der Waals surface area contributed by atoms with Gasteiger partial charge < -0.3 is 9.64 Å². The summed E-state index contributed by atoms with van der Waals surface area (Å²) in [6, 6.07) is 19.0. The molecule has 0 saturated carbocycles. The van der Waals surface area contributed by atoms with Crippen molar-refractivity contribution in [3.05, 3.63) is 101 Å². The minimum absolute atomic E-state index is 0.0823. The number of likely N-dealkylation sites (N-methyl/N-ethyl adjacent to an activating group) is 1. The third-order valence-electron chi connectivity index (χ3n) is 5.50. The van der Waals surface area contributed by atoms with Crippen LogP contribution in [0.1, 0.15) is 18.1 Å². The highest BCUT2D eigenvalue weighted by Gasteiger charge is 2.44. The van der Waals surface area contributed by atoms with Gasteiger partial charge in [0, 0.05) is 24.7 Å². The van der Waals surface area contributed by atoms with Crippen molar-refractivity contribution in [2.45, 2.75) is 13.5 Å². The lowest BCUT2D eigenvalue weighted by Gasteiger charge is -2.25. The highest BCUT2D eigenvalue weighted by molar-refractivity contribution is 6.45. The van der Waals surface area contributed by atoms with Crippen molar-refractivity contribution in [1.29, 1.82) is 0 Å². The monoisotopic (exact) mass is 448 g/mol. The van der Waals surface area contributed by atoms with E-state index >= 15 is 0 Å². The molecule has 33 heavy (non-hydrogen) atoms. The van der Waals surface area contributed by atoms with Crippen molar-refractivity contribution in [3.8, 4) is 5.75 Å². The molecule has 4 rings (SSSR count).